The lowest BCUT2D eigenvalue weighted by Gasteiger charge is -2.07. The molecule has 0 N–H and O–H groups in total. The van der Waals surface area contributed by atoms with Crippen molar-refractivity contribution < 1.29 is 4.74 Å². The number of benzene rings is 2. The van der Waals surface area contributed by atoms with E-state index in [1.165, 1.54) is 5.39 Å². The van der Waals surface area contributed by atoms with E-state index < -0.39 is 0 Å². The van der Waals surface area contributed by atoms with Gasteiger partial charge < -0.3 is 4.74 Å². The molecule has 0 bridgehead atoms. The van der Waals surface area contributed by atoms with Crippen LogP contribution in [0.5, 0.6) is 5.88 Å². The van der Waals surface area contributed by atoms with Crippen molar-refractivity contribution in [1.29, 1.82) is 0 Å². The molecule has 0 aliphatic carbocycles. The topological polar surface area (TPSA) is 35.0 Å². The van der Waals surface area contributed by atoms with Gasteiger partial charge in [0.05, 0.1) is 12.8 Å². The molecule has 2 aromatic carbocycles. The molecule has 0 amide bonds. The van der Waals surface area contributed by atoms with Gasteiger partial charge in [0.15, 0.2) is 0 Å². The number of rotatable bonds is 2. The summed E-state index contributed by atoms with van der Waals surface area (Å²) >= 11 is 0. The van der Waals surface area contributed by atoms with Crippen molar-refractivity contribution in [2.75, 3.05) is 7.11 Å². The lowest BCUT2D eigenvalue weighted by molar-refractivity contribution is 0.399. The summed E-state index contributed by atoms with van der Waals surface area (Å²) < 4.78 is 5.16. The molecule has 0 atom stereocenters. The fourth-order valence-corrected chi connectivity index (χ4v) is 2.64. The first-order valence-corrected chi connectivity index (χ1v) is 7.05. The molecule has 0 saturated carbocycles. The van der Waals surface area contributed by atoms with Gasteiger partial charge in [-0.25, -0.2) is 4.98 Å². The molecular weight excluding hydrogens is 272 g/mol. The van der Waals surface area contributed by atoms with Crippen LogP contribution in [0.15, 0.2) is 60.9 Å². The molecule has 22 heavy (non-hydrogen) atoms. The second-order valence-corrected chi connectivity index (χ2v) is 5.08. The minimum Gasteiger partial charge on any atom is -0.481 e. The highest BCUT2D eigenvalue weighted by molar-refractivity contribution is 5.96. The van der Waals surface area contributed by atoms with Crippen molar-refractivity contribution in [3.63, 3.8) is 0 Å². The Morgan fingerprint density at radius 1 is 0.955 bits per heavy atom. The molecule has 1 radical (unpaired) electrons. The van der Waals surface area contributed by atoms with Crippen molar-refractivity contribution in [1.82, 2.24) is 9.97 Å². The summed E-state index contributed by atoms with van der Waals surface area (Å²) in [4.78, 5) is 8.81. The molecule has 2 aromatic heterocycles. The van der Waals surface area contributed by atoms with Crippen molar-refractivity contribution in [3.05, 3.63) is 67.0 Å². The third-order valence-electron chi connectivity index (χ3n) is 3.76. The molecule has 4 rings (SSSR count). The van der Waals surface area contributed by atoms with Crippen LogP contribution in [-0.2, 0) is 0 Å². The van der Waals surface area contributed by atoms with Gasteiger partial charge in [-0.1, -0.05) is 24.3 Å². The van der Waals surface area contributed by atoms with Crippen LogP contribution in [0.4, 0.5) is 0 Å². The van der Waals surface area contributed by atoms with Gasteiger partial charge in [-0.15, -0.1) is 0 Å². The maximum absolute atomic E-state index is 5.16. The van der Waals surface area contributed by atoms with Crippen LogP contribution in [-0.4, -0.2) is 17.1 Å². The largest absolute Gasteiger partial charge is 0.481 e. The highest BCUT2D eigenvalue weighted by atomic mass is 16.5. The molecule has 3 heteroatoms. The van der Waals surface area contributed by atoms with E-state index in [-0.39, 0.29) is 0 Å². The minimum atomic E-state index is 0.608. The van der Waals surface area contributed by atoms with E-state index in [9.17, 15) is 0 Å². The Balaban J connectivity index is 1.93. The molecule has 0 unspecified atom stereocenters. The zero-order valence-electron chi connectivity index (χ0n) is 12.1. The van der Waals surface area contributed by atoms with E-state index in [4.69, 9.17) is 4.74 Å². The highest BCUT2D eigenvalue weighted by Crippen LogP contribution is 2.29. The summed E-state index contributed by atoms with van der Waals surface area (Å²) in [5.41, 5.74) is 1.91. The number of methoxy groups -OCH3 is 1. The Morgan fingerprint density at radius 2 is 1.86 bits per heavy atom. The number of pyridine rings is 2. The van der Waals surface area contributed by atoms with Gasteiger partial charge in [-0.3, -0.25) is 4.98 Å². The second kappa shape index (κ2) is 5.11. The van der Waals surface area contributed by atoms with Crippen LogP contribution in [0.3, 0.4) is 0 Å². The summed E-state index contributed by atoms with van der Waals surface area (Å²) in [5, 5.41) is 4.40. The molecule has 0 aliphatic rings. The number of ether oxygens (including phenoxy) is 1. The average Bonchev–Trinajstić information content (AvgIpc) is 2.60. The third-order valence-corrected chi connectivity index (χ3v) is 3.76. The van der Waals surface area contributed by atoms with Crippen molar-refractivity contribution >= 4 is 21.5 Å². The Bertz CT molecular complexity index is 974. The molecule has 0 aliphatic heterocycles. The Kier molecular flexibility index (Phi) is 2.97. The monoisotopic (exact) mass is 285 g/mol. The summed E-state index contributed by atoms with van der Waals surface area (Å²) in [7, 11) is 1.62. The molecule has 0 spiro atoms. The Hall–Kier alpha value is -2.94. The summed E-state index contributed by atoms with van der Waals surface area (Å²) in [6.45, 7) is 0. The first-order chi connectivity index (χ1) is 10.8. The number of hydrogen-bond acceptors (Lipinski definition) is 3. The summed E-state index contributed by atoms with van der Waals surface area (Å²) in [6, 6.07) is 19.5. The first kappa shape index (κ1) is 12.8. The predicted molar refractivity (Wildman–Crippen MR) is 87.9 cm³/mol. The van der Waals surface area contributed by atoms with Crippen molar-refractivity contribution in [3.8, 4) is 17.1 Å². The van der Waals surface area contributed by atoms with Gasteiger partial charge in [-0.2, -0.15) is 0 Å². The third kappa shape index (κ3) is 2.07. The number of fused-ring (bicyclic) bond motifs is 2. The smallest absolute Gasteiger partial charge is 0.213 e. The van der Waals surface area contributed by atoms with E-state index in [0.29, 0.717) is 5.88 Å². The maximum Gasteiger partial charge on any atom is 0.213 e. The Morgan fingerprint density at radius 3 is 2.77 bits per heavy atom. The zero-order valence-corrected chi connectivity index (χ0v) is 12.1. The fraction of sp³-hybridized carbons (Fsp3) is 0.0526. The SMILES string of the molecule is COc1cc2c[c]c(-c3nccc4ccccc34)cc2cn1. The summed E-state index contributed by atoms with van der Waals surface area (Å²) in [6.07, 6.45) is 3.65. The molecule has 0 saturated heterocycles. The Labute approximate surface area is 128 Å². The minimum absolute atomic E-state index is 0.608. The lowest BCUT2D eigenvalue weighted by atomic mass is 10.0. The number of aromatic nitrogens is 2. The molecule has 2 heterocycles. The zero-order chi connectivity index (χ0) is 14.9. The average molecular weight is 285 g/mol. The molecule has 4 aromatic rings. The quantitative estimate of drug-likeness (QED) is 0.552. The van der Waals surface area contributed by atoms with E-state index in [1.807, 2.05) is 42.7 Å². The van der Waals surface area contributed by atoms with E-state index in [2.05, 4.69) is 34.2 Å². The van der Waals surface area contributed by atoms with Crippen molar-refractivity contribution in [2.24, 2.45) is 0 Å². The number of nitrogens with zero attached hydrogens (tertiary/aromatic N) is 2. The maximum atomic E-state index is 5.16. The predicted octanol–water partition coefficient (Wildman–Crippen LogP) is 4.26. The van der Waals surface area contributed by atoms with Crippen LogP contribution >= 0.6 is 0 Å². The van der Waals surface area contributed by atoms with E-state index in [0.717, 1.165) is 27.4 Å². The van der Waals surface area contributed by atoms with Crippen LogP contribution in [0.25, 0.3) is 32.8 Å². The molecular formula is C19H13N2O. The van der Waals surface area contributed by atoms with Gasteiger partial charge in [-0.05, 0) is 35.0 Å². The highest BCUT2D eigenvalue weighted by Gasteiger charge is 2.07. The van der Waals surface area contributed by atoms with Gasteiger partial charge in [0.1, 0.15) is 0 Å². The van der Waals surface area contributed by atoms with E-state index in [1.54, 1.807) is 7.11 Å². The normalized spacial score (nSPS) is 11.0. The van der Waals surface area contributed by atoms with Gasteiger partial charge >= 0.3 is 0 Å². The standard InChI is InChI=1S/C19H13N2O/c1-22-18-11-14-6-7-15(10-16(14)12-21-18)19-17-5-3-2-4-13(17)8-9-20-19/h2-6,8-12H,1H3. The summed E-state index contributed by atoms with van der Waals surface area (Å²) in [5.74, 6) is 0.608. The van der Waals surface area contributed by atoms with Gasteiger partial charge in [0.2, 0.25) is 5.88 Å². The van der Waals surface area contributed by atoms with Gasteiger partial charge in [0, 0.05) is 34.8 Å². The lowest BCUT2D eigenvalue weighted by Crippen LogP contribution is -1.89. The fourth-order valence-electron chi connectivity index (χ4n) is 2.64. The van der Waals surface area contributed by atoms with Crippen LogP contribution < -0.4 is 4.74 Å². The molecule has 0 fully saturated rings. The number of hydrogen-bond donors (Lipinski definition) is 0. The molecule has 3 nitrogen and oxygen atoms in total. The second-order valence-electron chi connectivity index (χ2n) is 5.08. The van der Waals surface area contributed by atoms with Gasteiger partial charge in [0.25, 0.3) is 0 Å². The van der Waals surface area contributed by atoms with Crippen LogP contribution in [0.2, 0.25) is 0 Å². The first-order valence-electron chi connectivity index (χ1n) is 7.05. The van der Waals surface area contributed by atoms with Crippen molar-refractivity contribution in [2.45, 2.75) is 0 Å². The molecule has 105 valence electrons. The van der Waals surface area contributed by atoms with Crippen LogP contribution in [0, 0.1) is 6.07 Å². The van der Waals surface area contributed by atoms with Crippen LogP contribution in [0.1, 0.15) is 0 Å². The van der Waals surface area contributed by atoms with E-state index >= 15 is 0 Å².